The zero-order valence-electron chi connectivity index (χ0n) is 40.8. The van der Waals surface area contributed by atoms with E-state index in [9.17, 15) is 29.1 Å². The third kappa shape index (κ3) is 11.4. The number of benzene rings is 3. The molecule has 19 nitrogen and oxygen atoms in total. The Labute approximate surface area is 407 Å². The van der Waals surface area contributed by atoms with Gasteiger partial charge in [0.15, 0.2) is 40.8 Å². The largest absolute Gasteiger partial charge is 0.493 e. The molecule has 0 saturated carbocycles. The van der Waals surface area contributed by atoms with Crippen LogP contribution in [-0.2, 0) is 20.9 Å². The Bertz CT molecular complexity index is 2540. The van der Waals surface area contributed by atoms with Crippen LogP contribution in [0.15, 0.2) is 77.1 Å². The topological polar surface area (TPSA) is 236 Å². The molecule has 70 heavy (non-hydrogen) atoms. The number of ether oxygens (including phenoxy) is 5. The van der Waals surface area contributed by atoms with Crippen LogP contribution in [0.4, 0.5) is 21.9 Å². The molecule has 0 aliphatic carbocycles. The second-order valence-electron chi connectivity index (χ2n) is 18.3. The van der Waals surface area contributed by atoms with Crippen LogP contribution in [0.5, 0.6) is 23.0 Å². The molecule has 0 saturated heterocycles. The summed E-state index contributed by atoms with van der Waals surface area (Å²) >= 11 is 0. The number of rotatable bonds is 22. The van der Waals surface area contributed by atoms with E-state index in [1.807, 2.05) is 33.9 Å². The SMILES string of the molecule is COc1cc2c(cc1OCCCCCOc1cc3c(cc1OC)C(=O)N1C=C(C)C[C@H]1[C@H](O)N3C(=O)OCc1ccc(NCC(=O)[C@H](C)NCC(=O)[C@@H](NN)C(C)C)cc1)N=C[C@@H]1CC(C)=CN1C2=O. The monoisotopic (exact) mass is 964 g/mol. The van der Waals surface area contributed by atoms with Crippen LogP contribution in [0.25, 0.3) is 0 Å². The maximum atomic E-state index is 14.1. The summed E-state index contributed by atoms with van der Waals surface area (Å²) in [5, 5.41) is 17.9. The van der Waals surface area contributed by atoms with Crippen molar-refractivity contribution in [3.63, 3.8) is 0 Å². The standard InChI is InChI=1S/C51H64N8O11/c1-29(2)47(56-52)42(61)25-53-32(5)41(60)24-54-34-13-11-33(12-14-34)28-70-51(65)59-39-22-46(44(67-7)20-37(39)49(63)58-27-31(4)18-40(58)50(59)64)69-16-10-8-9-15-68-45-21-38-36(19-43(45)66-6)48(62)57-26-30(3)17-35(57)23-55-38/h11-14,19-23,26-27,29,32,35,40,47,50,53-54,56,64H,8-10,15-18,24-25,28,52H2,1-7H3/t32-,35-,40-,47-,50-/m0/s1. The lowest BCUT2D eigenvalue weighted by molar-refractivity contribution is -0.122. The average Bonchev–Trinajstić information content (AvgIpc) is 3.89. The molecule has 0 unspecified atom stereocenters. The van der Waals surface area contributed by atoms with Gasteiger partial charge >= 0.3 is 6.09 Å². The first-order chi connectivity index (χ1) is 33.6. The quantitative estimate of drug-likeness (QED) is 0.0456. The van der Waals surface area contributed by atoms with Crippen LogP contribution >= 0.6 is 0 Å². The molecule has 3 aromatic rings. The van der Waals surface area contributed by atoms with E-state index in [1.54, 1.807) is 60.6 Å². The Hall–Kier alpha value is -6.80. The van der Waals surface area contributed by atoms with Crippen LogP contribution in [0.1, 0.15) is 93.0 Å². The van der Waals surface area contributed by atoms with Crippen molar-refractivity contribution >= 4 is 52.8 Å². The number of nitrogens with zero attached hydrogens (tertiary/aromatic N) is 4. The molecule has 4 aliphatic heterocycles. The van der Waals surface area contributed by atoms with Crippen molar-refractivity contribution in [1.82, 2.24) is 20.5 Å². The van der Waals surface area contributed by atoms with Crippen molar-refractivity contribution < 1.29 is 52.8 Å². The number of methoxy groups -OCH3 is 2. The predicted molar refractivity (Wildman–Crippen MR) is 263 cm³/mol. The zero-order valence-corrected chi connectivity index (χ0v) is 40.8. The maximum Gasteiger partial charge on any atom is 0.416 e. The van der Waals surface area contributed by atoms with Gasteiger partial charge in [-0.25, -0.2) is 15.1 Å². The van der Waals surface area contributed by atoms with Gasteiger partial charge in [-0.2, -0.15) is 0 Å². The highest BCUT2D eigenvalue weighted by molar-refractivity contribution is 6.07. The summed E-state index contributed by atoms with van der Waals surface area (Å²) in [6, 6.07) is 11.4. The molecule has 3 aromatic carbocycles. The summed E-state index contributed by atoms with van der Waals surface area (Å²) in [7, 11) is 2.99. The highest BCUT2D eigenvalue weighted by Crippen LogP contribution is 2.43. The van der Waals surface area contributed by atoms with Crippen LogP contribution in [0, 0.1) is 5.92 Å². The van der Waals surface area contributed by atoms with Gasteiger partial charge in [0.2, 0.25) is 0 Å². The number of Topliss-reactive ketones (excluding diaryl/α,β-unsaturated/α-hetero) is 2. The second-order valence-corrected chi connectivity index (χ2v) is 18.3. The molecule has 7 rings (SSSR count). The summed E-state index contributed by atoms with van der Waals surface area (Å²) in [6.45, 7) is 9.78. The molecule has 0 spiro atoms. The number of aliphatic imine (C=N–C) groups is 1. The van der Waals surface area contributed by atoms with E-state index in [0.29, 0.717) is 59.9 Å². The van der Waals surface area contributed by atoms with Crippen LogP contribution in [0.3, 0.4) is 0 Å². The number of hydrazine groups is 1. The molecular weight excluding hydrogens is 901 g/mol. The predicted octanol–water partition coefficient (Wildman–Crippen LogP) is 5.78. The molecule has 0 radical (unpaired) electrons. The molecule has 4 aliphatic rings. The van der Waals surface area contributed by atoms with Crippen molar-refractivity contribution in [2.75, 3.05) is 50.7 Å². The minimum Gasteiger partial charge on any atom is -0.493 e. The van der Waals surface area contributed by atoms with Crippen molar-refractivity contribution in [2.45, 2.75) is 104 Å². The molecule has 19 heteroatoms. The molecule has 6 N–H and O–H groups in total. The molecule has 0 aromatic heterocycles. The number of aliphatic hydroxyl groups excluding tert-OH is 1. The molecule has 0 fully saturated rings. The van der Waals surface area contributed by atoms with Gasteiger partial charge in [0.05, 0.1) is 87.2 Å². The van der Waals surface area contributed by atoms with Crippen LogP contribution in [-0.4, -0.2) is 122 Å². The molecule has 4 heterocycles. The highest BCUT2D eigenvalue weighted by atomic mass is 16.6. The fourth-order valence-electron chi connectivity index (χ4n) is 8.83. The molecule has 374 valence electrons. The highest BCUT2D eigenvalue weighted by Gasteiger charge is 2.45. The number of nitrogens with one attached hydrogen (secondary N) is 3. The smallest absolute Gasteiger partial charge is 0.416 e. The molecule has 3 amide bonds. The first-order valence-corrected chi connectivity index (χ1v) is 23.6. The number of hydrogen-bond donors (Lipinski definition) is 5. The van der Waals surface area contributed by atoms with Gasteiger partial charge in [0.1, 0.15) is 6.61 Å². The number of carbonyl (C=O) groups excluding carboxylic acids is 5. The number of aliphatic hydroxyl groups is 1. The number of amides is 3. The molecular formula is C51H64N8O11. The Morgan fingerprint density at radius 1 is 0.800 bits per heavy atom. The van der Waals surface area contributed by atoms with Crippen molar-refractivity contribution in [3.05, 3.63) is 88.8 Å². The van der Waals surface area contributed by atoms with Gasteiger partial charge < -0.3 is 49.2 Å². The van der Waals surface area contributed by atoms with Gasteiger partial charge in [0, 0.05) is 36.4 Å². The number of ketones is 2. The van der Waals surface area contributed by atoms with Crippen molar-refractivity contribution in [3.8, 4) is 23.0 Å². The van der Waals surface area contributed by atoms with E-state index in [1.165, 1.54) is 31.3 Å². The summed E-state index contributed by atoms with van der Waals surface area (Å²) < 4.78 is 29.4. The number of anilines is 2. The number of unbranched alkanes of at least 4 members (excludes halogenated alkanes) is 2. The Morgan fingerprint density at radius 2 is 1.43 bits per heavy atom. The number of carbonyl (C=O) groups is 5. The number of nitrogens with two attached hydrogens (primary N) is 1. The third-order valence-corrected chi connectivity index (χ3v) is 12.8. The third-order valence-electron chi connectivity index (χ3n) is 12.8. The summed E-state index contributed by atoms with van der Waals surface area (Å²) in [5.74, 6) is 6.15. The van der Waals surface area contributed by atoms with E-state index in [2.05, 4.69) is 21.1 Å². The normalized spacial score (nSPS) is 18.9. The van der Waals surface area contributed by atoms with E-state index in [0.717, 1.165) is 28.9 Å². The first kappa shape index (κ1) is 51.1. The summed E-state index contributed by atoms with van der Waals surface area (Å²) in [5.41, 5.74) is 6.98. The van der Waals surface area contributed by atoms with Gasteiger partial charge in [-0.1, -0.05) is 37.1 Å². The summed E-state index contributed by atoms with van der Waals surface area (Å²) in [4.78, 5) is 75.6. The second kappa shape index (κ2) is 22.7. The molecule has 0 bridgehead atoms. The van der Waals surface area contributed by atoms with Crippen molar-refractivity contribution in [2.24, 2.45) is 16.8 Å². The van der Waals surface area contributed by atoms with Gasteiger partial charge in [0.25, 0.3) is 11.8 Å². The Kier molecular flexibility index (Phi) is 16.6. The van der Waals surface area contributed by atoms with Gasteiger partial charge in [-0.05, 0) is 88.6 Å². The lowest BCUT2D eigenvalue weighted by Crippen LogP contribution is -2.50. The Morgan fingerprint density at radius 3 is 2.09 bits per heavy atom. The fourth-order valence-corrected chi connectivity index (χ4v) is 8.83. The number of hydrogen-bond acceptors (Lipinski definition) is 16. The van der Waals surface area contributed by atoms with E-state index >= 15 is 0 Å². The lowest BCUT2D eigenvalue weighted by atomic mass is 10.0. The Balaban J connectivity index is 0.948. The van der Waals surface area contributed by atoms with Crippen molar-refractivity contribution in [1.29, 1.82) is 0 Å². The van der Waals surface area contributed by atoms with Gasteiger partial charge in [-0.15, -0.1) is 0 Å². The van der Waals surface area contributed by atoms with Crippen LogP contribution < -0.4 is 45.7 Å². The van der Waals surface area contributed by atoms with E-state index in [-0.39, 0.29) is 78.5 Å². The van der Waals surface area contributed by atoms with E-state index < -0.39 is 36.4 Å². The maximum absolute atomic E-state index is 14.1. The lowest BCUT2D eigenvalue weighted by Gasteiger charge is -2.31. The zero-order chi connectivity index (χ0) is 50.2. The minimum atomic E-state index is -1.47. The average molecular weight is 965 g/mol. The summed E-state index contributed by atoms with van der Waals surface area (Å²) in [6.07, 6.45) is 6.09. The first-order valence-electron chi connectivity index (χ1n) is 23.6. The van der Waals surface area contributed by atoms with Gasteiger partial charge in [-0.3, -0.25) is 30.0 Å². The fraction of sp³-hybridized carbons (Fsp3) is 0.451. The van der Waals surface area contributed by atoms with E-state index in [4.69, 9.17) is 29.5 Å². The molecule has 5 atom stereocenters. The van der Waals surface area contributed by atoms with Crippen LogP contribution in [0.2, 0.25) is 0 Å². The number of fused-ring (bicyclic) bond motifs is 4. The minimum absolute atomic E-state index is 0.000506.